The number of para-hydroxylation sites is 2. The minimum absolute atomic E-state index is 0. The first kappa shape index (κ1) is 30.1. The molecule has 0 aliphatic carbocycles. The summed E-state index contributed by atoms with van der Waals surface area (Å²) in [6, 6.07) is 19.7. The molecule has 2 aromatic carbocycles. The van der Waals surface area contributed by atoms with Gasteiger partial charge in [0, 0.05) is 42.2 Å². The van der Waals surface area contributed by atoms with Crippen LogP contribution >= 0.6 is 44.4 Å². The van der Waals surface area contributed by atoms with Crippen molar-refractivity contribution >= 4 is 78.9 Å². The number of hydrogen-bond acceptors (Lipinski definition) is 4. The van der Waals surface area contributed by atoms with Crippen molar-refractivity contribution < 1.29 is 40.1 Å². The Balaban J connectivity index is 0. The molecule has 4 rings (SSSR count). The first-order valence-electron chi connectivity index (χ1n) is 7.32. The number of pyridine rings is 2. The second-order valence-electron chi connectivity index (χ2n) is 4.78. The smallest absolute Gasteiger partial charge is 0.0511 e. The third kappa shape index (κ3) is 9.15. The number of rotatable bonds is 0. The molecule has 0 radical (unpaired) electrons. The molecule has 28 heavy (non-hydrogen) atoms. The van der Waals surface area contributed by atoms with Gasteiger partial charge in [0.2, 0.25) is 0 Å². The summed E-state index contributed by atoms with van der Waals surface area (Å²) in [7, 11) is 9.90. The molecular weight excluding hydrogens is 561 g/mol. The van der Waals surface area contributed by atoms with Gasteiger partial charge in [-0.2, -0.15) is 0 Å². The zero-order chi connectivity index (χ0) is 18.1. The number of benzene rings is 2. The van der Waals surface area contributed by atoms with Crippen LogP contribution in [-0.2, 0) is 47.3 Å². The third-order valence-electron chi connectivity index (χ3n) is 3.21. The van der Waals surface area contributed by atoms with E-state index >= 15 is 0 Å². The zero-order valence-corrected chi connectivity index (χ0v) is 24.7. The molecule has 0 unspecified atom stereocenters. The van der Waals surface area contributed by atoms with Gasteiger partial charge < -0.3 is 18.1 Å². The third-order valence-corrected chi connectivity index (χ3v) is 3.90. The van der Waals surface area contributed by atoms with E-state index in [2.05, 4.69) is 22.6 Å². The second-order valence-corrected chi connectivity index (χ2v) is 10.3. The average Bonchev–Trinajstić information content (AvgIpc) is 2.64. The molecule has 2 aromatic heterocycles. The van der Waals surface area contributed by atoms with Gasteiger partial charge in [0.05, 0.1) is 11.0 Å². The Morgan fingerprint density at radius 3 is 1.71 bits per heavy atom. The number of nitrogens with zero attached hydrogens (tertiary/aromatic N) is 2. The SMILES string of the molecule is Cl.O.Sc1cccc2cccnc12.[Cl][Zn][Cl].[S-]c1cccc2cccnc12.[Zn]. The Morgan fingerprint density at radius 2 is 1.21 bits per heavy atom. The van der Waals surface area contributed by atoms with E-state index in [0.717, 1.165) is 31.6 Å². The summed E-state index contributed by atoms with van der Waals surface area (Å²) < 4.78 is 0. The van der Waals surface area contributed by atoms with Crippen LogP contribution in [0.25, 0.3) is 21.8 Å². The average molecular weight is 578 g/mol. The van der Waals surface area contributed by atoms with Crippen LogP contribution in [0.4, 0.5) is 0 Å². The van der Waals surface area contributed by atoms with Gasteiger partial charge in [0.15, 0.2) is 0 Å². The molecule has 0 fully saturated rings. The monoisotopic (exact) mass is 573 g/mol. The zero-order valence-electron chi connectivity index (χ0n) is 14.8. The van der Waals surface area contributed by atoms with Crippen LogP contribution < -0.4 is 0 Å². The van der Waals surface area contributed by atoms with E-state index in [0.29, 0.717) is 0 Å². The van der Waals surface area contributed by atoms with Crippen molar-refractivity contribution in [1.29, 1.82) is 0 Å². The van der Waals surface area contributed by atoms with Gasteiger partial charge >= 0.3 is 34.5 Å². The fourth-order valence-electron chi connectivity index (χ4n) is 2.16. The second kappa shape index (κ2) is 16.7. The molecule has 0 aliphatic rings. The standard InChI is InChI=1S/2C9H7NS.3ClH.H2O.2Zn/c2*11-8-5-1-3-7-4-2-6-10-9(7)8;;;;;;/h2*1-6,11H;3*1H;1H2;;/q;;;;;;;+2/p-3. The summed E-state index contributed by atoms with van der Waals surface area (Å²) in [6.07, 6.45) is 3.54. The molecule has 0 spiro atoms. The Labute approximate surface area is 210 Å². The molecule has 0 bridgehead atoms. The molecule has 0 saturated carbocycles. The van der Waals surface area contributed by atoms with Crippen LogP contribution in [0.15, 0.2) is 82.8 Å². The minimum Gasteiger partial charge on any atom is -0.778 e. The first-order valence-corrected chi connectivity index (χ1v) is 16.0. The molecule has 3 nitrogen and oxygen atoms in total. The fourth-order valence-corrected chi connectivity index (χ4v) is 2.69. The molecular formula is C18H16Cl3N2OS2Zn2-. The Kier molecular flexibility index (Phi) is 17.9. The number of fused-ring (bicyclic) bond motifs is 2. The predicted octanol–water partition coefficient (Wildman–Crippen LogP) is 5.64. The van der Waals surface area contributed by atoms with Crippen molar-refractivity contribution in [2.75, 3.05) is 0 Å². The summed E-state index contributed by atoms with van der Waals surface area (Å²) >= 11 is 8.45. The van der Waals surface area contributed by atoms with Crippen molar-refractivity contribution in [3.63, 3.8) is 0 Å². The van der Waals surface area contributed by atoms with Crippen molar-refractivity contribution in [1.82, 2.24) is 9.97 Å². The van der Waals surface area contributed by atoms with Crippen molar-refractivity contribution in [2.45, 2.75) is 9.79 Å². The van der Waals surface area contributed by atoms with Crippen molar-refractivity contribution in [3.05, 3.63) is 73.1 Å². The normalized spacial score (nSPS) is 8.39. The Morgan fingerprint density at radius 1 is 0.786 bits per heavy atom. The van der Waals surface area contributed by atoms with Gasteiger partial charge in [-0.15, -0.1) is 29.9 Å². The van der Waals surface area contributed by atoms with Crippen LogP contribution in [-0.4, -0.2) is 15.4 Å². The van der Waals surface area contributed by atoms with Crippen LogP contribution in [0.5, 0.6) is 0 Å². The van der Waals surface area contributed by atoms with Gasteiger partial charge in [0.1, 0.15) is 0 Å². The van der Waals surface area contributed by atoms with E-state index in [-0.39, 0.29) is 37.4 Å². The largest absolute Gasteiger partial charge is 0.778 e. The van der Waals surface area contributed by atoms with E-state index in [9.17, 15) is 0 Å². The predicted molar refractivity (Wildman–Crippen MR) is 119 cm³/mol. The quantitative estimate of drug-likeness (QED) is 0.167. The molecule has 0 atom stereocenters. The van der Waals surface area contributed by atoms with Crippen LogP contribution in [0.1, 0.15) is 0 Å². The molecule has 2 N–H and O–H groups in total. The first-order chi connectivity index (χ1) is 12.2. The molecule has 4 aromatic rings. The van der Waals surface area contributed by atoms with Gasteiger partial charge in [-0.1, -0.05) is 42.5 Å². The Bertz CT molecular complexity index is 880. The van der Waals surface area contributed by atoms with Crippen LogP contribution in [0.2, 0.25) is 0 Å². The molecule has 0 saturated heterocycles. The molecule has 2 heterocycles. The van der Waals surface area contributed by atoms with E-state index < -0.39 is 15.1 Å². The number of thiol groups is 1. The number of aromatic nitrogens is 2. The Hall–Kier alpha value is -0.0932. The maximum absolute atomic E-state index is 5.09. The van der Waals surface area contributed by atoms with Gasteiger partial charge in [-0.05, 0) is 23.6 Å². The van der Waals surface area contributed by atoms with Crippen molar-refractivity contribution in [3.8, 4) is 0 Å². The topological polar surface area (TPSA) is 57.3 Å². The molecule has 142 valence electrons. The maximum atomic E-state index is 5.09. The number of hydrogen-bond donors (Lipinski definition) is 1. The van der Waals surface area contributed by atoms with Crippen molar-refractivity contribution in [2.24, 2.45) is 0 Å². The maximum Gasteiger partial charge on any atom is 0.0511 e. The molecule has 0 aliphatic heterocycles. The summed E-state index contributed by atoms with van der Waals surface area (Å²) in [5, 5.41) is 2.25. The summed E-state index contributed by atoms with van der Waals surface area (Å²) in [5.74, 6) is 0. The van der Waals surface area contributed by atoms with Gasteiger partial charge in [-0.3, -0.25) is 9.97 Å². The summed E-state index contributed by atoms with van der Waals surface area (Å²) in [5.41, 5.74) is 1.89. The summed E-state index contributed by atoms with van der Waals surface area (Å²) in [4.78, 5) is 10.1. The molecule has 10 heteroatoms. The van der Waals surface area contributed by atoms with Crippen LogP contribution in [0, 0.1) is 0 Å². The molecule has 0 amide bonds. The van der Waals surface area contributed by atoms with Crippen LogP contribution in [0.3, 0.4) is 0 Å². The summed E-state index contributed by atoms with van der Waals surface area (Å²) in [6.45, 7) is 0. The fraction of sp³-hybridized carbons (Fsp3) is 0. The van der Waals surface area contributed by atoms with E-state index in [4.69, 9.17) is 32.0 Å². The minimum atomic E-state index is -0.931. The van der Waals surface area contributed by atoms with Gasteiger partial charge in [-0.25, -0.2) is 0 Å². The van der Waals surface area contributed by atoms with E-state index in [1.54, 1.807) is 12.4 Å². The van der Waals surface area contributed by atoms with E-state index in [1.807, 2.05) is 60.7 Å². The number of halogens is 3. The van der Waals surface area contributed by atoms with Gasteiger partial charge in [0.25, 0.3) is 0 Å². The van der Waals surface area contributed by atoms with E-state index in [1.165, 1.54) is 0 Å².